The fraction of sp³-hybridized carbons (Fsp3) is 0.676. The number of carbonyl (C=O) groups is 4. The van der Waals surface area contributed by atoms with Crippen LogP contribution in [0.15, 0.2) is 0 Å². The predicted molar refractivity (Wildman–Crippen MR) is 194 cm³/mol. The minimum Gasteiger partial charge on any atom is -0.481 e. The molecule has 0 aromatic carbocycles. The van der Waals surface area contributed by atoms with Crippen LogP contribution in [0.5, 0.6) is 0 Å². The highest BCUT2D eigenvalue weighted by Gasteiger charge is 2.47. The van der Waals surface area contributed by atoms with Gasteiger partial charge in [-0.1, -0.05) is 27.2 Å². The van der Waals surface area contributed by atoms with E-state index in [1.54, 1.807) is 6.92 Å². The molecule has 15 heteroatoms. The first-order chi connectivity index (χ1) is 24.4. The standard InChI is InChI=1S/C37H55N5O9S/c1-8-22-17(2)25-16-30-33(21(6)43)19(4)27(40-30)14-26-18(3)23(9-10-31(44)45)35(41-26)24(13-32(46)51-7)36-34(37(47)38-11-12-52(48,49)50)20(5)28(42-36)15-29(22)39-25/h17-18,22-26,29,35,39-42H,8-16H2,1-7H3,(H,38,47)(H,44,45)(H,48,49,50)/t17-,18+,22-,23+,24?,25?,26?,29?,35?/m1/s1. The maximum absolute atomic E-state index is 14.0. The van der Waals surface area contributed by atoms with Gasteiger partial charge in [0, 0.05) is 90.7 Å². The average molecular weight is 746 g/mol. The lowest BCUT2D eigenvalue weighted by Crippen LogP contribution is -2.40. The fourth-order valence-corrected chi connectivity index (χ4v) is 9.94. The van der Waals surface area contributed by atoms with Crippen LogP contribution >= 0.6 is 0 Å². The topological polar surface area (TPSA) is 220 Å². The monoisotopic (exact) mass is 745 g/mol. The number of esters is 1. The molecule has 5 rings (SSSR count). The lowest BCUT2D eigenvalue weighted by Gasteiger charge is -2.30. The van der Waals surface area contributed by atoms with Gasteiger partial charge in [0.2, 0.25) is 0 Å². The summed E-state index contributed by atoms with van der Waals surface area (Å²) in [6.45, 7) is 11.6. The van der Waals surface area contributed by atoms with Gasteiger partial charge in [0.05, 0.1) is 24.8 Å². The second kappa shape index (κ2) is 15.8. The smallest absolute Gasteiger partial charge is 0.306 e. The van der Waals surface area contributed by atoms with Crippen molar-refractivity contribution in [1.29, 1.82) is 0 Å². The average Bonchev–Trinajstić information content (AvgIpc) is 3.74. The molecule has 3 aliphatic heterocycles. The molecule has 2 aromatic heterocycles. The Balaban J connectivity index is 1.70. The van der Waals surface area contributed by atoms with E-state index < -0.39 is 45.7 Å². The van der Waals surface area contributed by atoms with Crippen molar-refractivity contribution in [3.8, 4) is 0 Å². The Kier molecular flexibility index (Phi) is 12.1. The minimum atomic E-state index is -4.33. The van der Waals surface area contributed by atoms with Gasteiger partial charge in [-0.05, 0) is 62.0 Å². The normalized spacial score (nSPS) is 28.8. The maximum atomic E-state index is 14.0. The van der Waals surface area contributed by atoms with Crippen molar-refractivity contribution >= 4 is 33.7 Å². The van der Waals surface area contributed by atoms with Crippen LogP contribution < -0.4 is 16.0 Å². The molecule has 5 heterocycles. The molecule has 0 spiro atoms. The number of carboxylic acids is 1. The maximum Gasteiger partial charge on any atom is 0.306 e. The van der Waals surface area contributed by atoms with Crippen molar-refractivity contribution in [3.63, 3.8) is 0 Å². The van der Waals surface area contributed by atoms with Crippen LogP contribution in [0, 0.1) is 37.5 Å². The van der Waals surface area contributed by atoms with Gasteiger partial charge < -0.3 is 35.8 Å². The Bertz CT molecular complexity index is 1800. The van der Waals surface area contributed by atoms with Crippen molar-refractivity contribution in [2.45, 2.75) is 117 Å². The second-order valence-corrected chi connectivity index (χ2v) is 16.8. The summed E-state index contributed by atoms with van der Waals surface area (Å²) in [5.74, 6) is -3.03. The number of H-pyrrole nitrogens is 2. The number of hydrogen-bond acceptors (Lipinski definition) is 9. The molecule has 5 unspecified atom stereocenters. The minimum absolute atomic E-state index is 0.00145. The van der Waals surface area contributed by atoms with E-state index in [9.17, 15) is 37.3 Å². The Morgan fingerprint density at radius 2 is 1.48 bits per heavy atom. The number of amides is 1. The van der Waals surface area contributed by atoms with Crippen LogP contribution in [0.4, 0.5) is 0 Å². The number of carbonyl (C=O) groups excluding carboxylic acids is 3. The number of rotatable bonds is 11. The molecule has 0 radical (unpaired) electrons. The molecule has 1 amide bonds. The first-order valence-electron chi connectivity index (χ1n) is 18.4. The molecule has 52 heavy (non-hydrogen) atoms. The van der Waals surface area contributed by atoms with Gasteiger partial charge in [0.1, 0.15) is 0 Å². The van der Waals surface area contributed by atoms with Crippen LogP contribution in [0.2, 0.25) is 0 Å². The molecule has 14 nitrogen and oxygen atoms in total. The van der Waals surface area contributed by atoms with Gasteiger partial charge in [-0.3, -0.25) is 23.7 Å². The third kappa shape index (κ3) is 8.17. The summed E-state index contributed by atoms with van der Waals surface area (Å²) in [5.41, 5.74) is 5.71. The van der Waals surface area contributed by atoms with Crippen LogP contribution in [-0.2, 0) is 43.7 Å². The Labute approximate surface area is 305 Å². The predicted octanol–water partition coefficient (Wildman–Crippen LogP) is 3.23. The molecule has 9 atom stereocenters. The second-order valence-electron chi connectivity index (χ2n) is 15.3. The van der Waals surface area contributed by atoms with Gasteiger partial charge in [0.25, 0.3) is 16.0 Å². The van der Waals surface area contributed by atoms with Gasteiger partial charge in [-0.2, -0.15) is 8.42 Å². The Morgan fingerprint density at radius 1 is 0.885 bits per heavy atom. The number of ketones is 1. The van der Waals surface area contributed by atoms with Gasteiger partial charge in [-0.25, -0.2) is 0 Å². The third-order valence-corrected chi connectivity index (χ3v) is 13.0. The zero-order chi connectivity index (χ0) is 38.2. The van der Waals surface area contributed by atoms with Gasteiger partial charge >= 0.3 is 11.9 Å². The van der Waals surface area contributed by atoms with E-state index in [1.165, 1.54) is 7.11 Å². The van der Waals surface area contributed by atoms with Crippen molar-refractivity contribution < 1.29 is 42.0 Å². The number of aromatic amines is 2. The highest BCUT2D eigenvalue weighted by Crippen LogP contribution is 2.43. The van der Waals surface area contributed by atoms with E-state index in [0.29, 0.717) is 48.1 Å². The third-order valence-electron chi connectivity index (χ3n) is 12.3. The number of nitrogens with one attached hydrogen (secondary N) is 5. The van der Waals surface area contributed by atoms with Crippen LogP contribution in [0.1, 0.15) is 114 Å². The molecular weight excluding hydrogens is 690 g/mol. The summed E-state index contributed by atoms with van der Waals surface area (Å²) in [5, 5.41) is 20.0. The van der Waals surface area contributed by atoms with E-state index in [4.69, 9.17) is 4.74 Å². The number of fused-ring (bicyclic) bond motifs is 8. The van der Waals surface area contributed by atoms with E-state index >= 15 is 0 Å². The summed E-state index contributed by atoms with van der Waals surface area (Å²) in [4.78, 5) is 59.4. The quantitative estimate of drug-likeness (QED) is 0.101. The van der Waals surface area contributed by atoms with Crippen LogP contribution in [0.25, 0.3) is 0 Å². The number of aliphatic carboxylic acids is 1. The lowest BCUT2D eigenvalue weighted by molar-refractivity contribution is -0.141. The lowest BCUT2D eigenvalue weighted by atomic mass is 9.77. The molecule has 0 saturated carbocycles. The van der Waals surface area contributed by atoms with E-state index in [2.05, 4.69) is 46.7 Å². The molecule has 2 saturated heterocycles. The summed E-state index contributed by atoms with van der Waals surface area (Å²) in [6.07, 6.45) is 2.73. The van der Waals surface area contributed by atoms with E-state index in [0.717, 1.165) is 29.1 Å². The van der Waals surface area contributed by atoms with Crippen LogP contribution in [-0.4, -0.2) is 95.2 Å². The highest BCUT2D eigenvalue weighted by molar-refractivity contribution is 7.85. The van der Waals surface area contributed by atoms with Gasteiger partial charge in [-0.15, -0.1) is 0 Å². The number of carboxylic acid groups (broad SMARTS) is 1. The summed E-state index contributed by atoms with van der Waals surface area (Å²) in [6, 6.07) is -0.528. The number of methoxy groups -OCH3 is 1. The molecular formula is C37H55N5O9S. The number of aromatic nitrogens is 2. The van der Waals surface area contributed by atoms with E-state index in [-0.39, 0.29) is 67.0 Å². The van der Waals surface area contributed by atoms with E-state index in [1.807, 2.05) is 13.8 Å². The zero-order valence-electron chi connectivity index (χ0n) is 31.2. The summed E-state index contributed by atoms with van der Waals surface area (Å²) < 4.78 is 37.5. The van der Waals surface area contributed by atoms with Crippen molar-refractivity contribution in [2.24, 2.45) is 23.7 Å². The zero-order valence-corrected chi connectivity index (χ0v) is 32.0. The SMILES string of the molecule is CC[C@H]1C2Cc3[nH]c(c(C(=O)NCCS(=O)(=O)O)c3C)C(CC(=O)OC)C3NC(Cc4[nH]c(c(C(C)=O)c4C)CC(N2)[C@@H]1C)[C@@H](C)[C@@H]3CCC(=O)O. The molecule has 288 valence electrons. The number of ether oxygens (including phenoxy) is 1. The Hall–Kier alpha value is -3.53. The molecule has 8 bridgehead atoms. The Morgan fingerprint density at radius 3 is 2.10 bits per heavy atom. The first kappa shape index (κ1) is 39.7. The molecule has 0 aliphatic carbocycles. The van der Waals surface area contributed by atoms with Crippen LogP contribution in [0.3, 0.4) is 0 Å². The van der Waals surface area contributed by atoms with Gasteiger partial charge in [0.15, 0.2) is 5.78 Å². The number of hydrogen-bond donors (Lipinski definition) is 7. The van der Waals surface area contributed by atoms with Crippen molar-refractivity contribution in [2.75, 3.05) is 19.4 Å². The summed E-state index contributed by atoms with van der Waals surface area (Å²) >= 11 is 0. The molecule has 7 N–H and O–H groups in total. The van der Waals surface area contributed by atoms with Crippen molar-refractivity contribution in [3.05, 3.63) is 45.0 Å². The van der Waals surface area contributed by atoms with Crippen molar-refractivity contribution in [1.82, 2.24) is 25.9 Å². The molecule has 2 fully saturated rings. The molecule has 3 aliphatic rings. The molecule has 2 aromatic rings. The highest BCUT2D eigenvalue weighted by atomic mass is 32.2. The summed E-state index contributed by atoms with van der Waals surface area (Å²) in [7, 11) is -3.03. The first-order valence-corrected chi connectivity index (χ1v) is 20.0. The number of Topliss-reactive ketones (excluding diaryl/α,β-unsaturated/α-hetero) is 1. The fourth-order valence-electron chi connectivity index (χ4n) is 9.58. The largest absolute Gasteiger partial charge is 0.481 e.